The van der Waals surface area contributed by atoms with E-state index in [2.05, 4.69) is 10.2 Å². The SMILES string of the molecule is CC(C)(C)C(=O)Nc1ccc(OCCN2CCCCC2)cc1. The van der Waals surface area contributed by atoms with Gasteiger partial charge >= 0.3 is 0 Å². The van der Waals surface area contributed by atoms with Crippen LogP contribution in [0.25, 0.3) is 0 Å². The third-order valence-electron chi connectivity index (χ3n) is 3.92. The molecule has 1 fully saturated rings. The van der Waals surface area contributed by atoms with Gasteiger partial charge in [-0.05, 0) is 50.2 Å². The van der Waals surface area contributed by atoms with Crippen LogP contribution in [-0.2, 0) is 4.79 Å². The number of hydrogen-bond acceptors (Lipinski definition) is 3. The molecule has 1 saturated heterocycles. The zero-order valence-corrected chi connectivity index (χ0v) is 14.0. The molecule has 1 aliphatic heterocycles. The van der Waals surface area contributed by atoms with Crippen LogP contribution in [0, 0.1) is 5.41 Å². The quantitative estimate of drug-likeness (QED) is 0.904. The monoisotopic (exact) mass is 304 g/mol. The van der Waals surface area contributed by atoms with Crippen molar-refractivity contribution in [2.24, 2.45) is 5.41 Å². The van der Waals surface area contributed by atoms with Crippen molar-refractivity contribution in [3.63, 3.8) is 0 Å². The summed E-state index contributed by atoms with van der Waals surface area (Å²) in [5.41, 5.74) is 0.423. The van der Waals surface area contributed by atoms with E-state index in [-0.39, 0.29) is 11.3 Å². The zero-order chi connectivity index (χ0) is 16.0. The van der Waals surface area contributed by atoms with Crippen LogP contribution >= 0.6 is 0 Å². The van der Waals surface area contributed by atoms with Crippen molar-refractivity contribution >= 4 is 11.6 Å². The lowest BCUT2D eigenvalue weighted by Gasteiger charge is -2.26. The van der Waals surface area contributed by atoms with Gasteiger partial charge in [0.1, 0.15) is 12.4 Å². The van der Waals surface area contributed by atoms with E-state index in [4.69, 9.17) is 4.74 Å². The van der Waals surface area contributed by atoms with Crippen molar-refractivity contribution in [1.29, 1.82) is 0 Å². The minimum Gasteiger partial charge on any atom is -0.492 e. The molecule has 122 valence electrons. The highest BCUT2D eigenvalue weighted by Crippen LogP contribution is 2.20. The van der Waals surface area contributed by atoms with Gasteiger partial charge in [0.05, 0.1) is 0 Å². The maximum atomic E-state index is 11.9. The smallest absolute Gasteiger partial charge is 0.229 e. The first-order valence-electron chi connectivity index (χ1n) is 8.22. The molecular weight excluding hydrogens is 276 g/mol. The minimum atomic E-state index is -0.385. The maximum absolute atomic E-state index is 11.9. The summed E-state index contributed by atoms with van der Waals surface area (Å²) in [7, 11) is 0. The molecule has 1 amide bonds. The molecule has 4 heteroatoms. The molecule has 1 aliphatic rings. The average Bonchev–Trinajstić information content (AvgIpc) is 2.49. The number of hydrogen-bond donors (Lipinski definition) is 1. The zero-order valence-electron chi connectivity index (χ0n) is 14.0. The highest BCUT2D eigenvalue weighted by Gasteiger charge is 2.21. The molecule has 4 nitrogen and oxygen atoms in total. The summed E-state index contributed by atoms with van der Waals surface area (Å²) in [5.74, 6) is 0.872. The second-order valence-electron chi connectivity index (χ2n) is 6.98. The third-order valence-corrected chi connectivity index (χ3v) is 3.92. The molecule has 2 rings (SSSR count). The minimum absolute atomic E-state index is 0.0197. The number of carbonyl (C=O) groups excluding carboxylic acids is 1. The first kappa shape index (κ1) is 16.8. The summed E-state index contributed by atoms with van der Waals surface area (Å²) in [5, 5.41) is 2.91. The Bertz CT molecular complexity index is 471. The molecule has 0 radical (unpaired) electrons. The number of rotatable bonds is 5. The van der Waals surface area contributed by atoms with E-state index < -0.39 is 0 Å². The molecule has 0 bridgehead atoms. The van der Waals surface area contributed by atoms with E-state index in [1.54, 1.807) is 0 Å². The Morgan fingerprint density at radius 2 is 1.77 bits per heavy atom. The predicted molar refractivity (Wildman–Crippen MR) is 90.3 cm³/mol. The Kier molecular flexibility index (Phi) is 5.83. The van der Waals surface area contributed by atoms with Gasteiger partial charge in [0.25, 0.3) is 0 Å². The van der Waals surface area contributed by atoms with E-state index in [9.17, 15) is 4.79 Å². The molecule has 0 unspecified atom stereocenters. The number of nitrogens with one attached hydrogen (secondary N) is 1. The first-order chi connectivity index (χ1) is 10.4. The molecule has 0 atom stereocenters. The van der Waals surface area contributed by atoms with Gasteiger partial charge in [0.15, 0.2) is 0 Å². The fourth-order valence-electron chi connectivity index (χ4n) is 2.43. The van der Waals surface area contributed by atoms with Gasteiger partial charge in [0.2, 0.25) is 5.91 Å². The molecule has 0 saturated carbocycles. The normalized spacial score (nSPS) is 16.3. The number of piperidine rings is 1. The Balaban J connectivity index is 1.75. The van der Waals surface area contributed by atoms with Crippen molar-refractivity contribution < 1.29 is 9.53 Å². The van der Waals surface area contributed by atoms with Crippen molar-refractivity contribution in [3.8, 4) is 5.75 Å². The molecule has 1 aromatic rings. The second-order valence-corrected chi connectivity index (χ2v) is 6.98. The average molecular weight is 304 g/mol. The number of benzene rings is 1. The molecule has 0 aliphatic carbocycles. The number of carbonyl (C=O) groups is 1. The van der Waals surface area contributed by atoms with Crippen LogP contribution in [0.3, 0.4) is 0 Å². The van der Waals surface area contributed by atoms with Crippen LogP contribution in [0.5, 0.6) is 5.75 Å². The van der Waals surface area contributed by atoms with E-state index in [1.807, 2.05) is 45.0 Å². The van der Waals surface area contributed by atoms with Gasteiger partial charge < -0.3 is 10.1 Å². The van der Waals surface area contributed by atoms with E-state index in [0.717, 1.165) is 18.0 Å². The summed E-state index contributed by atoms with van der Waals surface area (Å²) >= 11 is 0. The molecular formula is C18H28N2O2. The molecule has 1 heterocycles. The van der Waals surface area contributed by atoms with Gasteiger partial charge in [-0.25, -0.2) is 0 Å². The molecule has 0 spiro atoms. The van der Waals surface area contributed by atoms with E-state index >= 15 is 0 Å². The lowest BCUT2D eigenvalue weighted by molar-refractivity contribution is -0.123. The molecule has 1 N–H and O–H groups in total. The standard InChI is InChI=1S/C18H28N2O2/c1-18(2,3)17(21)19-15-7-9-16(10-8-15)22-14-13-20-11-5-4-6-12-20/h7-10H,4-6,11-14H2,1-3H3,(H,19,21). The number of nitrogens with zero attached hydrogens (tertiary/aromatic N) is 1. The highest BCUT2D eigenvalue weighted by molar-refractivity contribution is 5.94. The summed E-state index contributed by atoms with van der Waals surface area (Å²) in [6.07, 6.45) is 3.98. The summed E-state index contributed by atoms with van der Waals surface area (Å²) < 4.78 is 5.78. The van der Waals surface area contributed by atoms with Crippen LogP contribution in [0.4, 0.5) is 5.69 Å². The van der Waals surface area contributed by atoms with E-state index in [1.165, 1.54) is 32.4 Å². The van der Waals surface area contributed by atoms with Gasteiger partial charge in [-0.1, -0.05) is 27.2 Å². The number of amides is 1. The molecule has 0 aromatic heterocycles. The topological polar surface area (TPSA) is 41.6 Å². The number of likely N-dealkylation sites (tertiary alicyclic amines) is 1. The van der Waals surface area contributed by atoms with Gasteiger partial charge in [0, 0.05) is 17.6 Å². The Hall–Kier alpha value is -1.55. The summed E-state index contributed by atoms with van der Waals surface area (Å²) in [6.45, 7) is 9.81. The lowest BCUT2D eigenvalue weighted by Crippen LogP contribution is -2.33. The van der Waals surface area contributed by atoms with Crippen molar-refractivity contribution in [2.45, 2.75) is 40.0 Å². The maximum Gasteiger partial charge on any atom is 0.229 e. The Morgan fingerprint density at radius 3 is 2.36 bits per heavy atom. The largest absolute Gasteiger partial charge is 0.492 e. The van der Waals surface area contributed by atoms with Crippen LogP contribution in [-0.4, -0.2) is 37.0 Å². The van der Waals surface area contributed by atoms with E-state index in [0.29, 0.717) is 6.61 Å². The lowest BCUT2D eigenvalue weighted by atomic mass is 9.95. The van der Waals surface area contributed by atoms with Crippen LogP contribution < -0.4 is 10.1 Å². The van der Waals surface area contributed by atoms with Crippen LogP contribution in [0.15, 0.2) is 24.3 Å². The summed E-state index contributed by atoms with van der Waals surface area (Å²) in [6, 6.07) is 7.60. The van der Waals surface area contributed by atoms with Crippen molar-refractivity contribution in [2.75, 3.05) is 31.6 Å². The number of ether oxygens (including phenoxy) is 1. The van der Waals surface area contributed by atoms with Crippen molar-refractivity contribution in [1.82, 2.24) is 4.90 Å². The van der Waals surface area contributed by atoms with Crippen LogP contribution in [0.2, 0.25) is 0 Å². The highest BCUT2D eigenvalue weighted by atomic mass is 16.5. The van der Waals surface area contributed by atoms with Crippen molar-refractivity contribution in [3.05, 3.63) is 24.3 Å². The summed E-state index contributed by atoms with van der Waals surface area (Å²) in [4.78, 5) is 14.4. The second kappa shape index (κ2) is 7.63. The number of anilines is 1. The van der Waals surface area contributed by atoms with Gasteiger partial charge in [-0.2, -0.15) is 0 Å². The third kappa shape index (κ3) is 5.34. The van der Waals surface area contributed by atoms with Crippen LogP contribution in [0.1, 0.15) is 40.0 Å². The Morgan fingerprint density at radius 1 is 1.14 bits per heavy atom. The van der Waals surface area contributed by atoms with Gasteiger partial charge in [-0.15, -0.1) is 0 Å². The van der Waals surface area contributed by atoms with Gasteiger partial charge in [-0.3, -0.25) is 9.69 Å². The molecule has 22 heavy (non-hydrogen) atoms. The molecule has 1 aromatic carbocycles. The fourth-order valence-corrected chi connectivity index (χ4v) is 2.43. The first-order valence-corrected chi connectivity index (χ1v) is 8.22. The predicted octanol–water partition coefficient (Wildman–Crippen LogP) is 3.54. The fraction of sp³-hybridized carbons (Fsp3) is 0.611. The Labute approximate surface area is 133 Å².